The van der Waals surface area contributed by atoms with Crippen LogP contribution >= 0.6 is 0 Å². The number of H-pyrrole nitrogens is 1. The normalized spacial score (nSPS) is 22.1. The molecule has 1 aromatic rings. The van der Waals surface area contributed by atoms with E-state index in [-0.39, 0.29) is 5.91 Å². The number of aryl methyl sites for hydroxylation is 1. The molecule has 1 atom stereocenters. The number of carbonyl (C=O) groups excluding carboxylic acids is 1. The molecule has 1 aromatic heterocycles. The van der Waals surface area contributed by atoms with Gasteiger partial charge in [0.2, 0.25) is 0 Å². The molecule has 3 rings (SSSR count). The quantitative estimate of drug-likeness (QED) is 0.912. The molecular weight excluding hydrogens is 254 g/mol. The molecule has 1 N–H and O–H groups in total. The van der Waals surface area contributed by atoms with Gasteiger partial charge in [0.05, 0.1) is 6.61 Å². The summed E-state index contributed by atoms with van der Waals surface area (Å²) in [7, 11) is 0. The summed E-state index contributed by atoms with van der Waals surface area (Å²) in [5.74, 6) is 0.581. The fourth-order valence-corrected chi connectivity index (χ4v) is 3.25. The minimum atomic E-state index is 0.100. The highest BCUT2D eigenvalue weighted by Gasteiger charge is 2.30. The first kappa shape index (κ1) is 13.6. The molecule has 0 saturated carbocycles. The van der Waals surface area contributed by atoms with Crippen molar-refractivity contribution in [2.45, 2.75) is 39.0 Å². The van der Waals surface area contributed by atoms with Crippen molar-refractivity contribution in [3.8, 4) is 0 Å². The van der Waals surface area contributed by atoms with Crippen molar-refractivity contribution in [2.24, 2.45) is 5.92 Å². The lowest BCUT2D eigenvalue weighted by Crippen LogP contribution is -2.30. The Labute approximate surface area is 119 Å². The third-order valence-corrected chi connectivity index (χ3v) is 4.39. The van der Waals surface area contributed by atoms with Crippen LogP contribution in [0.15, 0.2) is 0 Å². The Morgan fingerprint density at radius 1 is 1.45 bits per heavy atom. The lowest BCUT2D eigenvalue weighted by molar-refractivity contribution is 0.0756. The molecule has 5 heteroatoms. The Kier molecular flexibility index (Phi) is 4.05. The van der Waals surface area contributed by atoms with Gasteiger partial charge in [0, 0.05) is 36.9 Å². The largest absolute Gasteiger partial charge is 0.381 e. The zero-order valence-electron chi connectivity index (χ0n) is 12.2. The summed E-state index contributed by atoms with van der Waals surface area (Å²) in [5.41, 5.74) is 3.00. The van der Waals surface area contributed by atoms with E-state index >= 15 is 0 Å². The van der Waals surface area contributed by atoms with Crippen molar-refractivity contribution < 1.29 is 9.53 Å². The van der Waals surface area contributed by atoms with Gasteiger partial charge in [-0.2, -0.15) is 5.10 Å². The predicted octanol–water partition coefficient (Wildman–Crippen LogP) is 1.79. The number of nitrogens with one attached hydrogen (secondary N) is 1. The average Bonchev–Trinajstić information content (AvgIpc) is 3.11. The first-order valence-corrected chi connectivity index (χ1v) is 7.72. The van der Waals surface area contributed by atoms with Gasteiger partial charge in [0.25, 0.3) is 5.91 Å². The SMILES string of the molecule is CCOCC1CCN(C(=O)c2n[nH]c3c2CCCC3)C1. The number of fused-ring (bicyclic) bond motifs is 1. The van der Waals surface area contributed by atoms with E-state index < -0.39 is 0 Å². The number of aromatic amines is 1. The number of nitrogens with zero attached hydrogens (tertiary/aromatic N) is 2. The van der Waals surface area contributed by atoms with Crippen LogP contribution in [0.4, 0.5) is 0 Å². The number of hydrogen-bond donors (Lipinski definition) is 1. The Morgan fingerprint density at radius 2 is 2.30 bits per heavy atom. The number of rotatable bonds is 4. The number of hydrogen-bond acceptors (Lipinski definition) is 3. The van der Waals surface area contributed by atoms with Crippen LogP contribution < -0.4 is 0 Å². The number of amides is 1. The zero-order chi connectivity index (χ0) is 13.9. The Bertz CT molecular complexity index is 483. The van der Waals surface area contributed by atoms with Crippen LogP contribution in [-0.4, -0.2) is 47.3 Å². The molecule has 2 aliphatic rings. The summed E-state index contributed by atoms with van der Waals surface area (Å²) in [5, 5.41) is 7.34. The number of aromatic nitrogens is 2. The molecule has 0 aromatic carbocycles. The van der Waals surface area contributed by atoms with Crippen LogP contribution in [0.2, 0.25) is 0 Å². The summed E-state index contributed by atoms with van der Waals surface area (Å²) >= 11 is 0. The third-order valence-electron chi connectivity index (χ3n) is 4.39. The number of likely N-dealkylation sites (tertiary alicyclic amines) is 1. The second kappa shape index (κ2) is 5.95. The van der Waals surface area contributed by atoms with E-state index in [1.54, 1.807) is 0 Å². The molecule has 110 valence electrons. The van der Waals surface area contributed by atoms with Gasteiger partial charge in [0.15, 0.2) is 5.69 Å². The van der Waals surface area contributed by atoms with Crippen molar-refractivity contribution in [2.75, 3.05) is 26.3 Å². The Morgan fingerprint density at radius 3 is 3.15 bits per heavy atom. The minimum Gasteiger partial charge on any atom is -0.381 e. The lowest BCUT2D eigenvalue weighted by atomic mass is 9.95. The Balaban J connectivity index is 1.66. The van der Waals surface area contributed by atoms with E-state index in [0.29, 0.717) is 11.6 Å². The summed E-state index contributed by atoms with van der Waals surface area (Å²) in [6.45, 7) is 5.16. The van der Waals surface area contributed by atoms with E-state index in [1.165, 1.54) is 18.5 Å². The molecule has 5 nitrogen and oxygen atoms in total. The van der Waals surface area contributed by atoms with Crippen LogP contribution in [0.25, 0.3) is 0 Å². The average molecular weight is 277 g/mol. The maximum Gasteiger partial charge on any atom is 0.274 e. The number of carbonyl (C=O) groups is 1. The summed E-state index contributed by atoms with van der Waals surface area (Å²) in [6.07, 6.45) is 5.42. The minimum absolute atomic E-state index is 0.100. The number of ether oxygens (including phenoxy) is 1. The highest BCUT2D eigenvalue weighted by atomic mass is 16.5. The standard InChI is InChI=1S/C15H23N3O2/c1-2-20-10-11-7-8-18(9-11)15(19)14-12-5-3-4-6-13(12)16-17-14/h11H,2-10H2,1H3,(H,16,17). The van der Waals surface area contributed by atoms with E-state index in [0.717, 1.165) is 51.1 Å². The van der Waals surface area contributed by atoms with Gasteiger partial charge < -0.3 is 9.64 Å². The molecule has 20 heavy (non-hydrogen) atoms. The van der Waals surface area contributed by atoms with Gasteiger partial charge in [-0.25, -0.2) is 0 Å². The highest BCUT2D eigenvalue weighted by molar-refractivity contribution is 5.94. The fourth-order valence-electron chi connectivity index (χ4n) is 3.25. The smallest absolute Gasteiger partial charge is 0.274 e. The van der Waals surface area contributed by atoms with E-state index in [1.807, 2.05) is 11.8 Å². The van der Waals surface area contributed by atoms with Gasteiger partial charge in [0.1, 0.15) is 0 Å². The van der Waals surface area contributed by atoms with Crippen LogP contribution in [0.5, 0.6) is 0 Å². The van der Waals surface area contributed by atoms with Crippen LogP contribution in [0.1, 0.15) is 47.9 Å². The van der Waals surface area contributed by atoms with Gasteiger partial charge in [-0.1, -0.05) is 0 Å². The Hall–Kier alpha value is -1.36. The van der Waals surface area contributed by atoms with Crippen molar-refractivity contribution in [1.29, 1.82) is 0 Å². The molecule has 2 heterocycles. The molecule has 1 amide bonds. The van der Waals surface area contributed by atoms with E-state index in [9.17, 15) is 4.79 Å². The van der Waals surface area contributed by atoms with Gasteiger partial charge in [-0.3, -0.25) is 9.89 Å². The maximum atomic E-state index is 12.6. The van der Waals surface area contributed by atoms with Crippen LogP contribution in [-0.2, 0) is 17.6 Å². The first-order chi connectivity index (χ1) is 9.79. The van der Waals surface area contributed by atoms with Crippen molar-refractivity contribution in [1.82, 2.24) is 15.1 Å². The second-order valence-corrected chi connectivity index (χ2v) is 5.80. The molecule has 1 unspecified atom stereocenters. The predicted molar refractivity (Wildman–Crippen MR) is 75.7 cm³/mol. The molecule has 1 fully saturated rings. The van der Waals surface area contributed by atoms with Crippen molar-refractivity contribution in [3.63, 3.8) is 0 Å². The monoisotopic (exact) mass is 277 g/mol. The molecule has 0 spiro atoms. The van der Waals surface area contributed by atoms with E-state index in [4.69, 9.17) is 4.74 Å². The fraction of sp³-hybridized carbons (Fsp3) is 0.733. The van der Waals surface area contributed by atoms with Gasteiger partial charge in [-0.15, -0.1) is 0 Å². The molecule has 1 aliphatic carbocycles. The molecule has 0 bridgehead atoms. The van der Waals surface area contributed by atoms with Crippen LogP contribution in [0.3, 0.4) is 0 Å². The maximum absolute atomic E-state index is 12.6. The summed E-state index contributed by atoms with van der Waals surface area (Å²) in [6, 6.07) is 0. The molecule has 1 aliphatic heterocycles. The lowest BCUT2D eigenvalue weighted by Gasteiger charge is -2.17. The van der Waals surface area contributed by atoms with Crippen molar-refractivity contribution >= 4 is 5.91 Å². The van der Waals surface area contributed by atoms with Crippen molar-refractivity contribution in [3.05, 3.63) is 17.0 Å². The second-order valence-electron chi connectivity index (χ2n) is 5.80. The highest BCUT2D eigenvalue weighted by Crippen LogP contribution is 2.25. The summed E-state index contributed by atoms with van der Waals surface area (Å²) in [4.78, 5) is 14.5. The molecule has 1 saturated heterocycles. The molecule has 0 radical (unpaired) electrons. The topological polar surface area (TPSA) is 58.2 Å². The van der Waals surface area contributed by atoms with Gasteiger partial charge in [-0.05, 0) is 39.0 Å². The first-order valence-electron chi connectivity index (χ1n) is 7.72. The molecular formula is C15H23N3O2. The van der Waals surface area contributed by atoms with Crippen LogP contribution in [0, 0.1) is 5.92 Å². The summed E-state index contributed by atoms with van der Waals surface area (Å²) < 4.78 is 5.47. The third kappa shape index (κ3) is 2.59. The zero-order valence-corrected chi connectivity index (χ0v) is 12.2. The van der Waals surface area contributed by atoms with E-state index in [2.05, 4.69) is 10.2 Å². The van der Waals surface area contributed by atoms with Gasteiger partial charge >= 0.3 is 0 Å².